The molecule has 0 aromatic carbocycles. The normalized spacial score (nSPS) is 21.0. The van der Waals surface area contributed by atoms with Gasteiger partial charge in [0.1, 0.15) is 0 Å². The first-order valence-electron chi connectivity index (χ1n) is 7.15. The molecule has 0 amide bonds. The SMILES string of the molecule is CC(C)CN(CCC1CCNC1)CCN(C)C. The summed E-state index contributed by atoms with van der Waals surface area (Å²) in [6.45, 7) is 12.0. The van der Waals surface area contributed by atoms with Crippen molar-refractivity contribution in [2.75, 3.05) is 53.4 Å². The van der Waals surface area contributed by atoms with E-state index in [1.165, 1.54) is 52.1 Å². The van der Waals surface area contributed by atoms with Crippen LogP contribution >= 0.6 is 0 Å². The topological polar surface area (TPSA) is 18.5 Å². The molecule has 0 aliphatic carbocycles. The van der Waals surface area contributed by atoms with Crippen LogP contribution in [0, 0.1) is 11.8 Å². The molecule has 1 aliphatic heterocycles. The van der Waals surface area contributed by atoms with Crippen LogP contribution in [0.15, 0.2) is 0 Å². The number of nitrogens with zero attached hydrogens (tertiary/aromatic N) is 2. The van der Waals surface area contributed by atoms with Crippen molar-refractivity contribution in [1.29, 1.82) is 0 Å². The van der Waals surface area contributed by atoms with E-state index < -0.39 is 0 Å². The van der Waals surface area contributed by atoms with Gasteiger partial charge in [0.15, 0.2) is 0 Å². The molecule has 0 radical (unpaired) electrons. The van der Waals surface area contributed by atoms with E-state index >= 15 is 0 Å². The maximum atomic E-state index is 3.46. The van der Waals surface area contributed by atoms with Crippen molar-refractivity contribution < 1.29 is 0 Å². The first-order valence-corrected chi connectivity index (χ1v) is 7.15. The maximum Gasteiger partial charge on any atom is 0.0109 e. The van der Waals surface area contributed by atoms with E-state index in [-0.39, 0.29) is 0 Å². The molecule has 0 aromatic rings. The lowest BCUT2D eigenvalue weighted by Gasteiger charge is -2.26. The summed E-state index contributed by atoms with van der Waals surface area (Å²) >= 11 is 0. The van der Waals surface area contributed by atoms with Crippen LogP contribution in [-0.4, -0.2) is 63.2 Å². The molecule has 1 rings (SSSR count). The number of rotatable bonds is 8. The fourth-order valence-corrected chi connectivity index (χ4v) is 2.48. The van der Waals surface area contributed by atoms with Gasteiger partial charge in [-0.25, -0.2) is 0 Å². The Morgan fingerprint density at radius 1 is 1.18 bits per heavy atom. The van der Waals surface area contributed by atoms with E-state index in [4.69, 9.17) is 0 Å². The molecule has 1 fully saturated rings. The fourth-order valence-electron chi connectivity index (χ4n) is 2.48. The molecule has 0 bridgehead atoms. The zero-order chi connectivity index (χ0) is 12.7. The van der Waals surface area contributed by atoms with Gasteiger partial charge >= 0.3 is 0 Å². The van der Waals surface area contributed by atoms with Crippen molar-refractivity contribution in [1.82, 2.24) is 15.1 Å². The maximum absolute atomic E-state index is 3.46. The van der Waals surface area contributed by atoms with Gasteiger partial charge in [0.25, 0.3) is 0 Å². The third kappa shape index (κ3) is 7.02. The molecule has 1 unspecified atom stereocenters. The number of likely N-dealkylation sites (N-methyl/N-ethyl adjacent to an activating group) is 1. The molecule has 3 heteroatoms. The van der Waals surface area contributed by atoms with E-state index in [2.05, 4.69) is 43.1 Å². The van der Waals surface area contributed by atoms with Gasteiger partial charge in [-0.15, -0.1) is 0 Å². The largest absolute Gasteiger partial charge is 0.316 e. The van der Waals surface area contributed by atoms with Gasteiger partial charge in [-0.3, -0.25) is 0 Å². The summed E-state index contributed by atoms with van der Waals surface area (Å²) in [6, 6.07) is 0. The highest BCUT2D eigenvalue weighted by molar-refractivity contribution is 4.73. The minimum Gasteiger partial charge on any atom is -0.316 e. The summed E-state index contributed by atoms with van der Waals surface area (Å²) in [7, 11) is 4.32. The average molecular weight is 241 g/mol. The summed E-state index contributed by atoms with van der Waals surface area (Å²) in [6.07, 6.45) is 2.75. The quantitative estimate of drug-likeness (QED) is 0.695. The second kappa shape index (κ2) is 8.06. The minimum absolute atomic E-state index is 0.777. The standard InChI is InChI=1S/C14H31N3/c1-13(2)12-17(10-9-16(3)4)8-6-14-5-7-15-11-14/h13-15H,5-12H2,1-4H3. The molecule has 0 saturated carbocycles. The molecular weight excluding hydrogens is 210 g/mol. The minimum atomic E-state index is 0.777. The Balaban J connectivity index is 2.23. The molecule has 17 heavy (non-hydrogen) atoms. The first kappa shape index (κ1) is 14.9. The summed E-state index contributed by atoms with van der Waals surface area (Å²) < 4.78 is 0. The Labute approximate surface area is 108 Å². The lowest BCUT2D eigenvalue weighted by atomic mass is 10.0. The number of hydrogen-bond donors (Lipinski definition) is 1. The second-order valence-electron chi connectivity index (χ2n) is 6.15. The predicted molar refractivity (Wildman–Crippen MR) is 75.4 cm³/mol. The van der Waals surface area contributed by atoms with E-state index in [0.717, 1.165) is 11.8 Å². The van der Waals surface area contributed by atoms with Gasteiger partial charge < -0.3 is 15.1 Å². The fraction of sp³-hybridized carbons (Fsp3) is 1.00. The van der Waals surface area contributed by atoms with Crippen LogP contribution < -0.4 is 5.32 Å². The summed E-state index contributed by atoms with van der Waals surface area (Å²) in [5.74, 6) is 1.70. The van der Waals surface area contributed by atoms with Gasteiger partial charge in [0.05, 0.1) is 0 Å². The predicted octanol–water partition coefficient (Wildman–Crippen LogP) is 1.51. The molecule has 3 nitrogen and oxygen atoms in total. The van der Waals surface area contributed by atoms with Crippen molar-refractivity contribution in [3.8, 4) is 0 Å². The Morgan fingerprint density at radius 2 is 1.94 bits per heavy atom. The Bertz CT molecular complexity index is 186. The van der Waals surface area contributed by atoms with Crippen LogP contribution in [0.1, 0.15) is 26.7 Å². The van der Waals surface area contributed by atoms with E-state index in [1.54, 1.807) is 0 Å². The lowest BCUT2D eigenvalue weighted by Crippen LogP contribution is -2.35. The van der Waals surface area contributed by atoms with Gasteiger partial charge in [0, 0.05) is 19.6 Å². The summed E-state index contributed by atoms with van der Waals surface area (Å²) in [5, 5.41) is 3.46. The van der Waals surface area contributed by atoms with Crippen molar-refractivity contribution >= 4 is 0 Å². The van der Waals surface area contributed by atoms with Gasteiger partial charge in [-0.05, 0) is 58.4 Å². The van der Waals surface area contributed by atoms with E-state index in [0.29, 0.717) is 0 Å². The van der Waals surface area contributed by atoms with Crippen molar-refractivity contribution in [2.45, 2.75) is 26.7 Å². The van der Waals surface area contributed by atoms with Crippen LogP contribution in [0.25, 0.3) is 0 Å². The third-order valence-corrected chi connectivity index (χ3v) is 3.50. The van der Waals surface area contributed by atoms with Crippen molar-refractivity contribution in [3.05, 3.63) is 0 Å². The Morgan fingerprint density at radius 3 is 2.47 bits per heavy atom. The monoisotopic (exact) mass is 241 g/mol. The molecule has 102 valence electrons. The van der Waals surface area contributed by atoms with Crippen LogP contribution in [0.4, 0.5) is 0 Å². The van der Waals surface area contributed by atoms with Gasteiger partial charge in [0.2, 0.25) is 0 Å². The zero-order valence-corrected chi connectivity index (χ0v) is 12.2. The molecule has 1 aliphatic rings. The van der Waals surface area contributed by atoms with Crippen molar-refractivity contribution in [2.24, 2.45) is 11.8 Å². The van der Waals surface area contributed by atoms with E-state index in [9.17, 15) is 0 Å². The molecule has 1 saturated heterocycles. The van der Waals surface area contributed by atoms with Crippen LogP contribution in [0.5, 0.6) is 0 Å². The molecule has 1 heterocycles. The lowest BCUT2D eigenvalue weighted by molar-refractivity contribution is 0.207. The van der Waals surface area contributed by atoms with Crippen LogP contribution in [0.2, 0.25) is 0 Å². The smallest absolute Gasteiger partial charge is 0.0109 e. The number of hydrogen-bond acceptors (Lipinski definition) is 3. The van der Waals surface area contributed by atoms with Gasteiger partial charge in [-0.2, -0.15) is 0 Å². The molecule has 1 N–H and O–H groups in total. The second-order valence-corrected chi connectivity index (χ2v) is 6.15. The molecule has 0 spiro atoms. The van der Waals surface area contributed by atoms with E-state index in [1.807, 2.05) is 0 Å². The van der Waals surface area contributed by atoms with Crippen LogP contribution in [0.3, 0.4) is 0 Å². The highest BCUT2D eigenvalue weighted by Crippen LogP contribution is 2.13. The third-order valence-electron chi connectivity index (χ3n) is 3.50. The highest BCUT2D eigenvalue weighted by Gasteiger charge is 2.16. The Hall–Kier alpha value is -0.120. The Kier molecular flexibility index (Phi) is 7.09. The highest BCUT2D eigenvalue weighted by atomic mass is 15.2. The summed E-state index contributed by atoms with van der Waals surface area (Å²) in [4.78, 5) is 4.92. The molecule has 0 aromatic heterocycles. The number of nitrogens with one attached hydrogen (secondary N) is 1. The first-order chi connectivity index (χ1) is 8.08. The zero-order valence-electron chi connectivity index (χ0n) is 12.2. The summed E-state index contributed by atoms with van der Waals surface area (Å²) in [5.41, 5.74) is 0. The average Bonchev–Trinajstić information content (AvgIpc) is 2.74. The van der Waals surface area contributed by atoms with Crippen LogP contribution in [-0.2, 0) is 0 Å². The van der Waals surface area contributed by atoms with Crippen molar-refractivity contribution in [3.63, 3.8) is 0 Å². The molecule has 1 atom stereocenters. The van der Waals surface area contributed by atoms with Gasteiger partial charge in [-0.1, -0.05) is 13.8 Å². The molecular formula is C14H31N3.